The van der Waals surface area contributed by atoms with Crippen LogP contribution in [0.25, 0.3) is 0 Å². The van der Waals surface area contributed by atoms with Crippen LogP contribution in [0.2, 0.25) is 0 Å². The quantitative estimate of drug-likeness (QED) is 0.382. The first kappa shape index (κ1) is 10.9. The molecule has 0 atom stereocenters. The van der Waals surface area contributed by atoms with Crippen molar-refractivity contribution in [1.82, 2.24) is 0 Å². The summed E-state index contributed by atoms with van der Waals surface area (Å²) in [4.78, 5) is 10.0. The van der Waals surface area contributed by atoms with Crippen LogP contribution in [-0.2, 0) is 9.53 Å². The van der Waals surface area contributed by atoms with Crippen LogP contribution in [0.3, 0.4) is 0 Å². The average molecular weight is 186 g/mol. The van der Waals surface area contributed by atoms with Crippen LogP contribution < -0.4 is 0 Å². The van der Waals surface area contributed by atoms with E-state index in [0.717, 1.165) is 0 Å². The Kier molecular flexibility index (Phi) is 3.72. The maximum Gasteiger partial charge on any atom is 0.457 e. The van der Waals surface area contributed by atoms with Crippen molar-refractivity contribution in [3.8, 4) is 0 Å². The Morgan fingerprint density at radius 3 is 2.33 bits per heavy atom. The average Bonchev–Trinajstić information content (AvgIpc) is 1.97. The highest BCUT2D eigenvalue weighted by atomic mass is 19.4. The molecule has 0 heterocycles. The lowest BCUT2D eigenvalue weighted by Crippen LogP contribution is -2.23. The van der Waals surface area contributed by atoms with E-state index in [1.165, 1.54) is 6.92 Å². The molecule has 0 aromatic carbocycles. The Hall–Kier alpha value is -1.07. The summed E-state index contributed by atoms with van der Waals surface area (Å²) in [6, 6.07) is 0. The largest absolute Gasteiger partial charge is 0.498 e. The van der Waals surface area contributed by atoms with E-state index in [9.17, 15) is 22.4 Å². The van der Waals surface area contributed by atoms with Crippen LogP contribution in [-0.4, -0.2) is 18.6 Å². The number of rotatable bonds is 3. The van der Waals surface area contributed by atoms with Crippen molar-refractivity contribution in [2.75, 3.05) is 6.61 Å². The minimum Gasteiger partial charge on any atom is -0.498 e. The first-order valence-electron chi connectivity index (χ1n) is 2.98. The monoisotopic (exact) mass is 186 g/mol. The summed E-state index contributed by atoms with van der Waals surface area (Å²) in [5.74, 6) is -4.47. The number of Topliss-reactive ketones (excluding diaryl/α,β-unsaturated/α-hetero) is 1. The molecule has 0 aliphatic rings. The zero-order valence-corrected chi connectivity index (χ0v) is 6.11. The molecule has 0 amide bonds. The first-order valence-corrected chi connectivity index (χ1v) is 2.98. The lowest BCUT2D eigenvalue weighted by Gasteiger charge is -2.01. The van der Waals surface area contributed by atoms with E-state index in [1.807, 2.05) is 0 Å². The van der Waals surface area contributed by atoms with Gasteiger partial charge < -0.3 is 4.74 Å². The zero-order chi connectivity index (χ0) is 9.78. The van der Waals surface area contributed by atoms with Gasteiger partial charge in [0.1, 0.15) is 6.26 Å². The Morgan fingerprint density at radius 1 is 1.50 bits per heavy atom. The Bertz CT molecular complexity index is 194. The van der Waals surface area contributed by atoms with Gasteiger partial charge in [0.25, 0.3) is 5.78 Å². The van der Waals surface area contributed by atoms with Gasteiger partial charge in [-0.15, -0.1) is 0 Å². The fourth-order valence-corrected chi connectivity index (χ4v) is 0.345. The molecular formula is C6H6F4O2. The molecule has 0 radical (unpaired) electrons. The standard InChI is InChI=1S/C6H6F4O2/c1-2-12-3-4(7)5(11)6(8,9)10/h3H,2H2,1H3/b4-3-. The van der Waals surface area contributed by atoms with Gasteiger partial charge in [0.05, 0.1) is 6.61 Å². The van der Waals surface area contributed by atoms with Crippen molar-refractivity contribution in [2.45, 2.75) is 13.1 Å². The molecule has 0 unspecified atom stereocenters. The normalized spacial score (nSPS) is 12.9. The molecule has 0 bridgehead atoms. The van der Waals surface area contributed by atoms with Gasteiger partial charge in [0.15, 0.2) is 0 Å². The number of alkyl halides is 3. The number of hydrogen-bond donors (Lipinski definition) is 0. The summed E-state index contributed by atoms with van der Waals surface area (Å²) in [5.41, 5.74) is 0. The third-order valence-electron chi connectivity index (χ3n) is 0.828. The molecule has 0 aliphatic heterocycles. The number of carbonyl (C=O) groups is 1. The lowest BCUT2D eigenvalue weighted by molar-refractivity contribution is -0.168. The van der Waals surface area contributed by atoms with Crippen LogP contribution in [0.4, 0.5) is 17.6 Å². The highest BCUT2D eigenvalue weighted by Crippen LogP contribution is 2.21. The number of hydrogen-bond acceptors (Lipinski definition) is 2. The molecule has 0 fully saturated rings. The fraction of sp³-hybridized carbons (Fsp3) is 0.500. The van der Waals surface area contributed by atoms with Crippen LogP contribution >= 0.6 is 0 Å². The summed E-state index contributed by atoms with van der Waals surface area (Å²) >= 11 is 0. The van der Waals surface area contributed by atoms with Crippen LogP contribution in [0.5, 0.6) is 0 Å². The summed E-state index contributed by atoms with van der Waals surface area (Å²) in [5, 5.41) is 0. The first-order chi connectivity index (χ1) is 5.39. The second-order valence-corrected chi connectivity index (χ2v) is 1.75. The predicted molar refractivity (Wildman–Crippen MR) is 31.9 cm³/mol. The van der Waals surface area contributed by atoms with E-state index < -0.39 is 17.8 Å². The Morgan fingerprint density at radius 2 is 2.00 bits per heavy atom. The van der Waals surface area contributed by atoms with Gasteiger partial charge in [-0.05, 0) is 6.92 Å². The fourth-order valence-electron chi connectivity index (χ4n) is 0.345. The molecule has 12 heavy (non-hydrogen) atoms. The molecule has 0 N–H and O–H groups in total. The van der Waals surface area contributed by atoms with Crippen molar-refractivity contribution in [3.05, 3.63) is 12.1 Å². The molecule has 0 saturated heterocycles. The van der Waals surface area contributed by atoms with E-state index in [1.54, 1.807) is 0 Å². The highest BCUT2D eigenvalue weighted by Gasteiger charge is 2.41. The maximum absolute atomic E-state index is 12.1. The van der Waals surface area contributed by atoms with E-state index in [-0.39, 0.29) is 12.9 Å². The number of allylic oxidation sites excluding steroid dienone is 1. The van der Waals surface area contributed by atoms with Crippen molar-refractivity contribution in [2.24, 2.45) is 0 Å². The highest BCUT2D eigenvalue weighted by molar-refractivity contribution is 5.97. The van der Waals surface area contributed by atoms with E-state index in [4.69, 9.17) is 0 Å². The van der Waals surface area contributed by atoms with E-state index in [2.05, 4.69) is 4.74 Å². The van der Waals surface area contributed by atoms with Gasteiger partial charge in [0, 0.05) is 0 Å². The number of ether oxygens (including phenoxy) is 1. The molecule has 0 aromatic heterocycles. The summed E-state index contributed by atoms with van der Waals surface area (Å²) in [6.07, 6.45) is -5.03. The van der Waals surface area contributed by atoms with Crippen LogP contribution in [0.1, 0.15) is 6.92 Å². The van der Waals surface area contributed by atoms with Gasteiger partial charge in [-0.1, -0.05) is 0 Å². The van der Waals surface area contributed by atoms with Crippen LogP contribution in [0, 0.1) is 0 Å². The molecule has 0 aliphatic carbocycles. The molecular weight excluding hydrogens is 180 g/mol. The topological polar surface area (TPSA) is 26.3 Å². The summed E-state index contributed by atoms with van der Waals surface area (Å²) < 4.78 is 50.6. The van der Waals surface area contributed by atoms with Crippen molar-refractivity contribution in [1.29, 1.82) is 0 Å². The predicted octanol–water partition coefficient (Wildman–Crippen LogP) is 1.97. The van der Waals surface area contributed by atoms with Gasteiger partial charge in [-0.3, -0.25) is 4.79 Å². The minimum atomic E-state index is -5.18. The van der Waals surface area contributed by atoms with Gasteiger partial charge in [-0.2, -0.15) is 17.6 Å². The van der Waals surface area contributed by atoms with Crippen molar-refractivity contribution in [3.63, 3.8) is 0 Å². The third kappa shape index (κ3) is 3.36. The Balaban J connectivity index is 4.30. The molecule has 6 heteroatoms. The summed E-state index contributed by atoms with van der Waals surface area (Å²) in [7, 11) is 0. The van der Waals surface area contributed by atoms with Gasteiger partial charge >= 0.3 is 6.18 Å². The smallest absolute Gasteiger partial charge is 0.457 e. The van der Waals surface area contributed by atoms with Crippen LogP contribution in [0.15, 0.2) is 12.1 Å². The lowest BCUT2D eigenvalue weighted by atomic mass is 10.3. The number of carbonyl (C=O) groups excluding carboxylic acids is 1. The SMILES string of the molecule is CCO/C=C(\F)C(=O)C(F)(F)F. The third-order valence-corrected chi connectivity index (χ3v) is 0.828. The molecule has 2 nitrogen and oxygen atoms in total. The maximum atomic E-state index is 12.1. The second kappa shape index (κ2) is 4.08. The summed E-state index contributed by atoms with van der Waals surface area (Å²) in [6.45, 7) is 1.44. The molecule has 70 valence electrons. The Labute approximate surface area is 65.8 Å². The number of ketones is 1. The van der Waals surface area contributed by atoms with Crippen molar-refractivity contribution < 1.29 is 27.1 Å². The van der Waals surface area contributed by atoms with Gasteiger partial charge in [-0.25, -0.2) is 0 Å². The molecule has 0 aromatic rings. The van der Waals surface area contributed by atoms with Crippen molar-refractivity contribution >= 4 is 5.78 Å². The van der Waals surface area contributed by atoms with E-state index >= 15 is 0 Å². The zero-order valence-electron chi connectivity index (χ0n) is 6.11. The van der Waals surface area contributed by atoms with E-state index in [0.29, 0.717) is 0 Å². The minimum absolute atomic E-state index is 0.00143. The molecule has 0 rings (SSSR count). The molecule has 0 spiro atoms. The number of halogens is 4. The second-order valence-electron chi connectivity index (χ2n) is 1.75. The van der Waals surface area contributed by atoms with Gasteiger partial charge in [0.2, 0.25) is 5.83 Å². The molecule has 0 saturated carbocycles.